The number of hydrogen-bond donors (Lipinski definition) is 0. The topological polar surface area (TPSA) is 29.5 Å². The largest absolute Gasteiger partial charge is 0.494 e. The molecule has 6 heteroatoms. The summed E-state index contributed by atoms with van der Waals surface area (Å²) in [6.45, 7) is 10.5. The van der Waals surface area contributed by atoms with Crippen LogP contribution in [-0.4, -0.2) is 36.7 Å². The molecule has 36 heavy (non-hydrogen) atoms. The van der Waals surface area contributed by atoms with Crippen LogP contribution in [0.5, 0.6) is 5.75 Å². The van der Waals surface area contributed by atoms with Crippen molar-refractivity contribution in [2.75, 3.05) is 13.7 Å². The average molecular weight is 506 g/mol. The fourth-order valence-electron chi connectivity index (χ4n) is 5.53. The number of alkyl halides is 3. The Hall–Kier alpha value is -2.24. The highest BCUT2D eigenvalue weighted by molar-refractivity contribution is 5.97. The van der Waals surface area contributed by atoms with Gasteiger partial charge in [-0.3, -0.25) is 4.79 Å². The van der Waals surface area contributed by atoms with Gasteiger partial charge in [-0.05, 0) is 68.2 Å². The Morgan fingerprint density at radius 2 is 1.75 bits per heavy atom. The number of allylic oxidation sites excluding steroid dienone is 2. The van der Waals surface area contributed by atoms with Crippen LogP contribution in [0.15, 0.2) is 35.4 Å². The molecule has 0 aromatic heterocycles. The van der Waals surface area contributed by atoms with Gasteiger partial charge in [-0.15, -0.1) is 0 Å². The van der Waals surface area contributed by atoms with E-state index in [0.29, 0.717) is 29.8 Å². The lowest BCUT2D eigenvalue weighted by Gasteiger charge is -2.39. The van der Waals surface area contributed by atoms with Crippen LogP contribution in [0.1, 0.15) is 87.2 Å². The standard InChI is InChI=1S/C30H42F3NO2/c1-7-8-9-10-19(2)15-16-36-24-17-20(3)27(21(4)18-24)29(35)34(6)28-22(5)25(23-11-12-23)13-14-26(28)30(31,32)33/h13-14,17-19,22-23,28H,7-12,15-16H2,1-6H3. The lowest BCUT2D eigenvalue weighted by atomic mass is 9.80. The first-order chi connectivity index (χ1) is 17.0. The van der Waals surface area contributed by atoms with Gasteiger partial charge in [0, 0.05) is 18.5 Å². The third-order valence-electron chi connectivity index (χ3n) is 7.79. The first kappa shape index (κ1) is 28.3. The SMILES string of the molecule is CCCCCC(C)CCOc1cc(C)c(C(=O)N(C)C2C(C(F)(F)F)=CC=C(C3CC3)C2C)c(C)c1. The number of rotatable bonds is 11. The number of aryl methyl sites for hydroxylation is 2. The van der Waals surface area contributed by atoms with Gasteiger partial charge in [-0.1, -0.05) is 64.2 Å². The van der Waals surface area contributed by atoms with E-state index in [0.717, 1.165) is 36.0 Å². The number of carbonyl (C=O) groups is 1. The van der Waals surface area contributed by atoms with Crippen molar-refractivity contribution in [3.63, 3.8) is 0 Å². The van der Waals surface area contributed by atoms with E-state index in [9.17, 15) is 18.0 Å². The molecule has 0 spiro atoms. The number of likely N-dealkylation sites (N-methyl/N-ethyl adjacent to an activating group) is 1. The Balaban J connectivity index is 1.74. The van der Waals surface area contributed by atoms with Gasteiger partial charge < -0.3 is 9.64 Å². The minimum atomic E-state index is -4.49. The van der Waals surface area contributed by atoms with E-state index in [1.54, 1.807) is 6.08 Å². The van der Waals surface area contributed by atoms with Crippen LogP contribution < -0.4 is 4.74 Å². The van der Waals surface area contributed by atoms with Crippen LogP contribution in [0.2, 0.25) is 0 Å². The number of halogens is 3. The zero-order chi connectivity index (χ0) is 26.6. The average Bonchev–Trinajstić information content (AvgIpc) is 3.62. The number of amides is 1. The van der Waals surface area contributed by atoms with Crippen LogP contribution in [0.3, 0.4) is 0 Å². The fraction of sp³-hybridized carbons (Fsp3) is 0.633. The zero-order valence-corrected chi connectivity index (χ0v) is 22.7. The molecule has 0 saturated heterocycles. The smallest absolute Gasteiger partial charge is 0.414 e. The van der Waals surface area contributed by atoms with Crippen molar-refractivity contribution < 1.29 is 22.7 Å². The number of hydrogen-bond acceptors (Lipinski definition) is 2. The fourth-order valence-corrected chi connectivity index (χ4v) is 5.53. The van der Waals surface area contributed by atoms with Gasteiger partial charge >= 0.3 is 6.18 Å². The predicted molar refractivity (Wildman–Crippen MR) is 139 cm³/mol. The molecule has 0 aliphatic heterocycles. The molecule has 1 fully saturated rings. The monoisotopic (exact) mass is 505 g/mol. The summed E-state index contributed by atoms with van der Waals surface area (Å²) in [6, 6.07) is 2.62. The molecular weight excluding hydrogens is 463 g/mol. The third kappa shape index (κ3) is 6.74. The molecule has 1 saturated carbocycles. The first-order valence-corrected chi connectivity index (χ1v) is 13.5. The van der Waals surface area contributed by atoms with Gasteiger partial charge in [0.05, 0.1) is 18.2 Å². The highest BCUT2D eigenvalue weighted by atomic mass is 19.4. The molecular formula is C30H42F3NO2. The Morgan fingerprint density at radius 1 is 1.11 bits per heavy atom. The molecule has 3 atom stereocenters. The summed E-state index contributed by atoms with van der Waals surface area (Å²) in [6.07, 6.45) is 6.21. The second-order valence-electron chi connectivity index (χ2n) is 10.9. The van der Waals surface area contributed by atoms with E-state index in [-0.39, 0.29) is 11.8 Å². The summed E-state index contributed by atoms with van der Waals surface area (Å²) in [5.41, 5.74) is 2.26. The maximum absolute atomic E-state index is 14.0. The van der Waals surface area contributed by atoms with E-state index in [1.165, 1.54) is 43.7 Å². The summed E-state index contributed by atoms with van der Waals surface area (Å²) in [5.74, 6) is 0.870. The second-order valence-corrected chi connectivity index (χ2v) is 10.9. The molecule has 0 heterocycles. The van der Waals surface area contributed by atoms with Gasteiger partial charge in [0.15, 0.2) is 0 Å². The van der Waals surface area contributed by atoms with Crippen LogP contribution in [0.4, 0.5) is 13.2 Å². The van der Waals surface area contributed by atoms with Crippen molar-refractivity contribution in [1.29, 1.82) is 0 Å². The first-order valence-electron chi connectivity index (χ1n) is 13.5. The van der Waals surface area contributed by atoms with Crippen molar-refractivity contribution >= 4 is 5.91 Å². The lowest BCUT2D eigenvalue weighted by Crippen LogP contribution is -2.47. The van der Waals surface area contributed by atoms with E-state index in [1.807, 2.05) is 32.9 Å². The minimum absolute atomic E-state index is 0.339. The summed E-state index contributed by atoms with van der Waals surface area (Å²) in [7, 11) is 1.50. The normalized spacial score (nSPS) is 21.0. The van der Waals surface area contributed by atoms with E-state index in [4.69, 9.17) is 4.74 Å². The molecule has 200 valence electrons. The minimum Gasteiger partial charge on any atom is -0.494 e. The molecule has 1 aromatic carbocycles. The number of nitrogens with zero attached hydrogens (tertiary/aromatic N) is 1. The Bertz CT molecular complexity index is 967. The van der Waals surface area contributed by atoms with Crippen LogP contribution >= 0.6 is 0 Å². The molecule has 0 N–H and O–H groups in total. The summed E-state index contributed by atoms with van der Waals surface area (Å²) in [5, 5.41) is 0. The molecule has 0 radical (unpaired) electrons. The maximum Gasteiger partial charge on any atom is 0.414 e. The van der Waals surface area contributed by atoms with E-state index < -0.39 is 17.8 Å². The lowest BCUT2D eigenvalue weighted by molar-refractivity contribution is -0.102. The third-order valence-corrected chi connectivity index (χ3v) is 7.79. The van der Waals surface area contributed by atoms with Crippen molar-refractivity contribution in [3.05, 3.63) is 52.1 Å². The molecule has 1 amide bonds. The summed E-state index contributed by atoms with van der Waals surface area (Å²) in [4.78, 5) is 14.9. The molecule has 3 nitrogen and oxygen atoms in total. The quantitative estimate of drug-likeness (QED) is 0.284. The maximum atomic E-state index is 14.0. The highest BCUT2D eigenvalue weighted by Gasteiger charge is 2.47. The summed E-state index contributed by atoms with van der Waals surface area (Å²) < 4.78 is 47.9. The zero-order valence-electron chi connectivity index (χ0n) is 22.7. The Morgan fingerprint density at radius 3 is 2.31 bits per heavy atom. The number of benzene rings is 1. The molecule has 3 rings (SSSR count). The highest BCUT2D eigenvalue weighted by Crippen LogP contribution is 2.47. The van der Waals surface area contributed by atoms with Gasteiger partial charge in [0.25, 0.3) is 5.91 Å². The van der Waals surface area contributed by atoms with Crippen LogP contribution in [-0.2, 0) is 0 Å². The van der Waals surface area contributed by atoms with Crippen molar-refractivity contribution in [1.82, 2.24) is 4.90 Å². The van der Waals surface area contributed by atoms with Crippen molar-refractivity contribution in [3.8, 4) is 5.75 Å². The van der Waals surface area contributed by atoms with Crippen LogP contribution in [0.25, 0.3) is 0 Å². The predicted octanol–water partition coefficient (Wildman–Crippen LogP) is 8.20. The van der Waals surface area contributed by atoms with Crippen molar-refractivity contribution in [2.45, 2.75) is 91.8 Å². The van der Waals surface area contributed by atoms with Gasteiger partial charge in [-0.25, -0.2) is 0 Å². The van der Waals surface area contributed by atoms with Gasteiger partial charge in [-0.2, -0.15) is 13.2 Å². The van der Waals surface area contributed by atoms with E-state index in [2.05, 4.69) is 13.8 Å². The molecule has 2 aliphatic carbocycles. The number of ether oxygens (including phenoxy) is 1. The molecule has 2 aliphatic rings. The number of carbonyl (C=O) groups excluding carboxylic acids is 1. The van der Waals surface area contributed by atoms with Crippen LogP contribution in [0, 0.1) is 31.6 Å². The molecule has 3 unspecified atom stereocenters. The Labute approximate surface area is 214 Å². The Kier molecular flexibility index (Phi) is 9.34. The second kappa shape index (κ2) is 11.9. The number of unbranched alkanes of at least 4 members (excludes halogenated alkanes) is 2. The van der Waals surface area contributed by atoms with E-state index >= 15 is 0 Å². The van der Waals surface area contributed by atoms with Gasteiger partial charge in [0.2, 0.25) is 0 Å². The molecule has 1 aromatic rings. The van der Waals surface area contributed by atoms with Gasteiger partial charge in [0.1, 0.15) is 5.75 Å². The molecule has 0 bridgehead atoms. The van der Waals surface area contributed by atoms with Crippen molar-refractivity contribution in [2.24, 2.45) is 17.8 Å². The summed E-state index contributed by atoms with van der Waals surface area (Å²) >= 11 is 0.